The van der Waals surface area contributed by atoms with Crippen LogP contribution >= 0.6 is 15.9 Å². The van der Waals surface area contributed by atoms with Gasteiger partial charge in [0.05, 0.1) is 44.8 Å². The van der Waals surface area contributed by atoms with Crippen LogP contribution in [-0.4, -0.2) is 105 Å². The van der Waals surface area contributed by atoms with Crippen LogP contribution in [0.25, 0.3) is 0 Å². The molecule has 65 heavy (non-hydrogen) atoms. The fraction of sp³-hybridized carbons (Fsp3) is 0.318. The molecule has 2 atom stereocenters. The molecule has 0 radical (unpaired) electrons. The Morgan fingerprint density at radius 1 is 1.03 bits per heavy atom. The summed E-state index contributed by atoms with van der Waals surface area (Å²) in [5.41, 5.74) is 4.51. The molecule has 3 aliphatic heterocycles. The summed E-state index contributed by atoms with van der Waals surface area (Å²) in [6.07, 6.45) is 4.30. The van der Waals surface area contributed by atoms with Crippen molar-refractivity contribution in [3.63, 3.8) is 0 Å². The van der Waals surface area contributed by atoms with E-state index < -0.39 is 18.0 Å². The monoisotopic (exact) mass is 947 g/mol. The molecule has 336 valence electrons. The first-order valence-electron chi connectivity index (χ1n) is 21.0. The number of piperidine rings is 1. The molecular formula is C44H46BrN13O7. The second kappa shape index (κ2) is 19.2. The van der Waals surface area contributed by atoms with Crippen LogP contribution in [-0.2, 0) is 45.4 Å². The van der Waals surface area contributed by atoms with E-state index in [-0.39, 0.29) is 68.0 Å². The number of anilines is 5. The van der Waals surface area contributed by atoms with E-state index in [1.807, 2.05) is 36.1 Å². The first-order valence-corrected chi connectivity index (χ1v) is 21.7. The molecule has 2 aromatic heterocycles. The largest absolute Gasteiger partial charge is 0.495 e. The minimum absolute atomic E-state index is 0.0186. The Bertz CT molecular complexity index is 2680. The van der Waals surface area contributed by atoms with E-state index in [1.54, 1.807) is 65.4 Å². The molecule has 1 fully saturated rings. The highest BCUT2D eigenvalue weighted by atomic mass is 79.9. The number of hydrogen-bond acceptors (Lipinski definition) is 14. The van der Waals surface area contributed by atoms with E-state index in [0.29, 0.717) is 77.1 Å². The van der Waals surface area contributed by atoms with Gasteiger partial charge in [0.25, 0.3) is 11.8 Å². The fourth-order valence-corrected chi connectivity index (χ4v) is 8.28. The number of amides is 6. The molecule has 3 aliphatic rings. The Labute approximate surface area is 381 Å². The number of carbonyl (C=O) groups is 6. The lowest BCUT2D eigenvalue weighted by molar-refractivity contribution is -0.137. The molecular weight excluding hydrogens is 902 g/mol. The standard InChI is InChI=1S/C44H46BrN13O7/c1-4-33-43(64)55(2)35-20-48-44(52-39(35)57(33)22-25-8-11-27(45)12-9-25)50-32-13-10-26(18-36(32)65-3)40(61)47-19-28-23-56(54-53-28)17-16-46-21-38(60)49-31-7-5-6-29-30(31)24-58(42(29)63)34-14-15-37(59)51-41(34)62/h5-13,18,20,23,33-34,46H,4,14-17,19,21-22,24H2,1-3H3,(H,47,61)(H,49,60)(H,48,50,52)(H,51,59,62)/t33-,34?/m1/s1. The van der Waals surface area contributed by atoms with E-state index in [4.69, 9.17) is 9.72 Å². The van der Waals surface area contributed by atoms with Gasteiger partial charge in [-0.3, -0.25) is 38.8 Å². The topological polar surface area (TPSA) is 238 Å². The van der Waals surface area contributed by atoms with Crippen LogP contribution in [0.1, 0.15) is 63.7 Å². The van der Waals surface area contributed by atoms with Gasteiger partial charge in [0.2, 0.25) is 29.6 Å². The van der Waals surface area contributed by atoms with Crippen molar-refractivity contribution in [2.24, 2.45) is 0 Å². The smallest absolute Gasteiger partial charge is 0.255 e. The lowest BCUT2D eigenvalue weighted by Crippen LogP contribution is -2.52. The van der Waals surface area contributed by atoms with E-state index in [1.165, 1.54) is 12.0 Å². The second-order valence-electron chi connectivity index (χ2n) is 15.6. The van der Waals surface area contributed by atoms with Gasteiger partial charge in [0, 0.05) is 60.0 Å². The second-order valence-corrected chi connectivity index (χ2v) is 16.5. The molecule has 0 saturated carbocycles. The third-order valence-electron chi connectivity index (χ3n) is 11.4. The van der Waals surface area contributed by atoms with Gasteiger partial charge in [-0.15, -0.1) is 5.10 Å². The normalized spacial score (nSPS) is 16.8. The van der Waals surface area contributed by atoms with Crippen LogP contribution < -0.4 is 41.1 Å². The Hall–Kier alpha value is -7.26. The van der Waals surface area contributed by atoms with Crippen molar-refractivity contribution in [3.05, 3.63) is 105 Å². The summed E-state index contributed by atoms with van der Waals surface area (Å²) < 4.78 is 8.20. The number of carbonyl (C=O) groups excluding carboxylic acids is 6. The van der Waals surface area contributed by atoms with Crippen molar-refractivity contribution in [1.82, 2.24) is 45.8 Å². The highest BCUT2D eigenvalue weighted by Gasteiger charge is 2.40. The summed E-state index contributed by atoms with van der Waals surface area (Å²) in [7, 11) is 3.23. The summed E-state index contributed by atoms with van der Waals surface area (Å²) >= 11 is 3.49. The van der Waals surface area contributed by atoms with Gasteiger partial charge in [-0.1, -0.05) is 46.3 Å². The van der Waals surface area contributed by atoms with Gasteiger partial charge in [-0.05, 0) is 60.9 Å². The number of ether oxygens (including phenoxy) is 1. The molecule has 21 heteroatoms. The van der Waals surface area contributed by atoms with Crippen molar-refractivity contribution in [2.45, 2.75) is 64.4 Å². The van der Waals surface area contributed by atoms with Gasteiger partial charge < -0.3 is 40.7 Å². The number of likely N-dealkylation sites (N-methyl/N-ethyl adjacent to an activating group) is 1. The maximum atomic E-state index is 13.4. The number of methoxy groups -OCH3 is 1. The van der Waals surface area contributed by atoms with E-state index in [9.17, 15) is 28.8 Å². The minimum Gasteiger partial charge on any atom is -0.495 e. The summed E-state index contributed by atoms with van der Waals surface area (Å²) in [5, 5.41) is 22.6. The zero-order chi connectivity index (χ0) is 45.8. The zero-order valence-electron chi connectivity index (χ0n) is 35.8. The van der Waals surface area contributed by atoms with Crippen LogP contribution in [0.3, 0.4) is 0 Å². The first-order chi connectivity index (χ1) is 31.4. The average molecular weight is 949 g/mol. The molecule has 20 nitrogen and oxygen atoms in total. The lowest BCUT2D eigenvalue weighted by atomic mass is 10.0. The molecule has 1 unspecified atom stereocenters. The molecule has 5 N–H and O–H groups in total. The maximum Gasteiger partial charge on any atom is 0.255 e. The Morgan fingerprint density at radius 2 is 1.85 bits per heavy atom. The third kappa shape index (κ3) is 9.65. The number of nitrogens with one attached hydrogen (secondary N) is 5. The van der Waals surface area contributed by atoms with E-state index in [2.05, 4.69) is 57.8 Å². The number of nitrogens with zero attached hydrogens (tertiary/aromatic N) is 8. The van der Waals surface area contributed by atoms with E-state index in [0.717, 1.165) is 10.0 Å². The van der Waals surface area contributed by atoms with Crippen LogP contribution in [0, 0.1) is 0 Å². The van der Waals surface area contributed by atoms with Crippen molar-refractivity contribution in [3.8, 4) is 5.75 Å². The van der Waals surface area contributed by atoms with Crippen molar-refractivity contribution in [2.75, 3.05) is 47.7 Å². The summed E-state index contributed by atoms with van der Waals surface area (Å²) in [6, 6.07) is 16.8. The van der Waals surface area contributed by atoms with Crippen LogP contribution in [0.4, 0.5) is 28.8 Å². The third-order valence-corrected chi connectivity index (χ3v) is 11.9. The van der Waals surface area contributed by atoms with Crippen molar-refractivity contribution < 1.29 is 33.5 Å². The van der Waals surface area contributed by atoms with Crippen LogP contribution in [0.15, 0.2) is 77.5 Å². The lowest BCUT2D eigenvalue weighted by Gasteiger charge is -2.40. The summed E-state index contributed by atoms with van der Waals surface area (Å²) in [5.74, 6) is -0.618. The fourth-order valence-electron chi connectivity index (χ4n) is 8.01. The van der Waals surface area contributed by atoms with Gasteiger partial charge in [-0.2, -0.15) is 4.98 Å². The average Bonchev–Trinajstić information content (AvgIpc) is 3.90. The Balaban J connectivity index is 0.818. The maximum absolute atomic E-state index is 13.4. The SMILES string of the molecule is CC[C@@H]1C(=O)N(C)c2cnc(Nc3ccc(C(=O)NCc4cn(CCNCC(=O)Nc5cccc6c5CN(C5CCC(=O)NC5=O)C6=O)nn4)cc3OC)nc2N1Cc1ccc(Br)cc1. The Kier molecular flexibility index (Phi) is 13.1. The number of aromatic nitrogens is 5. The highest BCUT2D eigenvalue weighted by Crippen LogP contribution is 2.37. The molecule has 0 bridgehead atoms. The predicted molar refractivity (Wildman–Crippen MR) is 241 cm³/mol. The number of hydrogen-bond donors (Lipinski definition) is 5. The van der Waals surface area contributed by atoms with Gasteiger partial charge in [-0.25, -0.2) is 4.98 Å². The van der Waals surface area contributed by atoms with Crippen molar-refractivity contribution >= 4 is 80.2 Å². The van der Waals surface area contributed by atoms with Gasteiger partial charge in [0.15, 0.2) is 5.82 Å². The van der Waals surface area contributed by atoms with Crippen molar-refractivity contribution in [1.29, 1.82) is 0 Å². The molecule has 0 aliphatic carbocycles. The van der Waals surface area contributed by atoms with E-state index >= 15 is 0 Å². The molecule has 1 saturated heterocycles. The first kappa shape index (κ1) is 44.4. The highest BCUT2D eigenvalue weighted by molar-refractivity contribution is 9.10. The number of fused-ring (bicyclic) bond motifs is 2. The number of imide groups is 1. The summed E-state index contributed by atoms with van der Waals surface area (Å²) in [6.45, 7) is 3.45. The molecule has 0 spiro atoms. The molecule has 5 aromatic rings. The Morgan fingerprint density at radius 3 is 2.62 bits per heavy atom. The summed E-state index contributed by atoms with van der Waals surface area (Å²) in [4.78, 5) is 91.0. The number of benzene rings is 3. The molecule has 3 aromatic carbocycles. The number of rotatable bonds is 16. The number of halogens is 1. The van der Waals surface area contributed by atoms with Gasteiger partial charge in [0.1, 0.15) is 29.2 Å². The van der Waals surface area contributed by atoms with Crippen LogP contribution in [0.5, 0.6) is 5.75 Å². The van der Waals surface area contributed by atoms with Crippen LogP contribution in [0.2, 0.25) is 0 Å². The molecule has 8 rings (SSSR count). The quantitative estimate of drug-likeness (QED) is 0.0706. The molecule has 5 heterocycles. The molecule has 6 amide bonds. The van der Waals surface area contributed by atoms with Gasteiger partial charge >= 0.3 is 0 Å². The zero-order valence-corrected chi connectivity index (χ0v) is 37.3. The minimum atomic E-state index is -0.754. The predicted octanol–water partition coefficient (Wildman–Crippen LogP) is 3.26.